The second-order valence-corrected chi connectivity index (χ2v) is 4.46. The van der Waals surface area contributed by atoms with Crippen molar-refractivity contribution >= 4 is 23.1 Å². The SMILES string of the molecule is COc1cccc(N=C(C)N(C)C)c1N(C)C(C)=O. The van der Waals surface area contributed by atoms with Crippen LogP contribution in [-0.2, 0) is 4.79 Å². The first-order valence-electron chi connectivity index (χ1n) is 6.02. The van der Waals surface area contributed by atoms with Crippen LogP contribution in [0.5, 0.6) is 5.75 Å². The number of nitrogens with zero attached hydrogens (tertiary/aromatic N) is 3. The molecule has 104 valence electrons. The number of benzene rings is 1. The van der Waals surface area contributed by atoms with Crippen LogP contribution >= 0.6 is 0 Å². The zero-order valence-corrected chi connectivity index (χ0v) is 12.4. The van der Waals surface area contributed by atoms with Crippen molar-refractivity contribution in [3.05, 3.63) is 18.2 Å². The lowest BCUT2D eigenvalue weighted by Gasteiger charge is -2.21. The van der Waals surface area contributed by atoms with Crippen LogP contribution in [0, 0.1) is 0 Å². The molecule has 1 amide bonds. The van der Waals surface area contributed by atoms with Crippen LogP contribution in [-0.4, -0.2) is 44.9 Å². The number of methoxy groups -OCH3 is 1. The van der Waals surface area contributed by atoms with Gasteiger partial charge >= 0.3 is 0 Å². The first kappa shape index (κ1) is 15.0. The standard InChI is InChI=1S/C14H21N3O2/c1-10(16(3)4)15-12-8-7-9-13(19-6)14(12)17(5)11(2)18/h7-9H,1-6H3. The van der Waals surface area contributed by atoms with Crippen LogP contribution in [0.15, 0.2) is 23.2 Å². The summed E-state index contributed by atoms with van der Waals surface area (Å²) in [5.74, 6) is 1.42. The van der Waals surface area contributed by atoms with Gasteiger partial charge in [-0.1, -0.05) is 6.07 Å². The summed E-state index contributed by atoms with van der Waals surface area (Å²) in [5.41, 5.74) is 1.39. The topological polar surface area (TPSA) is 45.1 Å². The van der Waals surface area contributed by atoms with Gasteiger partial charge in [-0.05, 0) is 19.1 Å². The van der Waals surface area contributed by atoms with Gasteiger partial charge in [0.2, 0.25) is 5.91 Å². The van der Waals surface area contributed by atoms with Gasteiger partial charge in [0.15, 0.2) is 0 Å². The van der Waals surface area contributed by atoms with Crippen LogP contribution in [0.1, 0.15) is 13.8 Å². The van der Waals surface area contributed by atoms with Gasteiger partial charge in [-0.3, -0.25) is 4.79 Å². The molecule has 0 saturated carbocycles. The second-order valence-electron chi connectivity index (χ2n) is 4.46. The smallest absolute Gasteiger partial charge is 0.223 e. The number of rotatable bonds is 3. The molecule has 0 atom stereocenters. The Kier molecular flexibility index (Phi) is 4.92. The lowest BCUT2D eigenvalue weighted by atomic mass is 10.2. The molecule has 0 spiro atoms. The highest BCUT2D eigenvalue weighted by Gasteiger charge is 2.16. The van der Waals surface area contributed by atoms with Crippen LogP contribution in [0.3, 0.4) is 0 Å². The summed E-state index contributed by atoms with van der Waals surface area (Å²) in [6.07, 6.45) is 0. The highest BCUT2D eigenvalue weighted by Crippen LogP contribution is 2.37. The molecule has 1 aromatic rings. The van der Waals surface area contributed by atoms with Crippen molar-refractivity contribution < 1.29 is 9.53 Å². The monoisotopic (exact) mass is 263 g/mol. The van der Waals surface area contributed by atoms with Gasteiger partial charge in [-0.15, -0.1) is 0 Å². The summed E-state index contributed by atoms with van der Waals surface area (Å²) in [6.45, 7) is 3.43. The number of ether oxygens (including phenoxy) is 1. The summed E-state index contributed by atoms with van der Waals surface area (Å²) in [7, 11) is 7.14. The number of amides is 1. The fourth-order valence-corrected chi connectivity index (χ4v) is 1.53. The van der Waals surface area contributed by atoms with Crippen LogP contribution in [0.4, 0.5) is 11.4 Å². The number of hydrogen-bond acceptors (Lipinski definition) is 3. The molecule has 1 rings (SSSR count). The Hall–Kier alpha value is -2.04. The molecular weight excluding hydrogens is 242 g/mol. The maximum Gasteiger partial charge on any atom is 0.223 e. The Balaban J connectivity index is 3.39. The molecular formula is C14H21N3O2. The van der Waals surface area contributed by atoms with Gasteiger partial charge in [-0.25, -0.2) is 4.99 Å². The van der Waals surface area contributed by atoms with Gasteiger partial charge < -0.3 is 14.5 Å². The molecule has 0 unspecified atom stereocenters. The molecule has 5 nitrogen and oxygen atoms in total. The second kappa shape index (κ2) is 6.22. The zero-order valence-electron chi connectivity index (χ0n) is 12.4. The van der Waals surface area contributed by atoms with Gasteiger partial charge in [0.1, 0.15) is 17.3 Å². The van der Waals surface area contributed by atoms with Crippen molar-refractivity contribution in [1.82, 2.24) is 4.90 Å². The van der Waals surface area contributed by atoms with E-state index in [2.05, 4.69) is 4.99 Å². The predicted octanol–water partition coefficient (Wildman–Crippen LogP) is 2.29. The van der Waals surface area contributed by atoms with Gasteiger partial charge in [0.25, 0.3) is 0 Å². The van der Waals surface area contributed by atoms with E-state index in [4.69, 9.17) is 4.74 Å². The number of aliphatic imine (C=N–C) groups is 1. The fourth-order valence-electron chi connectivity index (χ4n) is 1.53. The number of amidine groups is 1. The van der Waals surface area contributed by atoms with E-state index in [1.165, 1.54) is 6.92 Å². The van der Waals surface area contributed by atoms with Crippen molar-refractivity contribution in [2.75, 3.05) is 33.2 Å². The quantitative estimate of drug-likeness (QED) is 0.621. The van der Waals surface area contributed by atoms with Gasteiger partial charge in [0, 0.05) is 28.1 Å². The van der Waals surface area contributed by atoms with Gasteiger partial charge in [0.05, 0.1) is 12.8 Å². The maximum atomic E-state index is 11.6. The molecule has 0 aliphatic carbocycles. The Bertz CT molecular complexity index is 495. The van der Waals surface area contributed by atoms with Crippen LogP contribution < -0.4 is 9.64 Å². The number of anilines is 1. The Morgan fingerprint density at radius 1 is 1.21 bits per heavy atom. The summed E-state index contributed by atoms with van der Waals surface area (Å²) in [5, 5.41) is 0. The zero-order chi connectivity index (χ0) is 14.6. The predicted molar refractivity (Wildman–Crippen MR) is 78.5 cm³/mol. The first-order valence-corrected chi connectivity index (χ1v) is 6.02. The minimum absolute atomic E-state index is 0.0662. The van der Waals surface area contributed by atoms with Crippen molar-refractivity contribution in [3.8, 4) is 5.75 Å². The van der Waals surface area contributed by atoms with Crippen molar-refractivity contribution in [1.29, 1.82) is 0 Å². The van der Waals surface area contributed by atoms with Crippen molar-refractivity contribution in [2.24, 2.45) is 4.99 Å². The third-order valence-corrected chi connectivity index (χ3v) is 2.93. The largest absolute Gasteiger partial charge is 0.494 e. The first-order chi connectivity index (χ1) is 8.88. The molecule has 0 saturated heterocycles. The number of hydrogen-bond donors (Lipinski definition) is 0. The van der Waals surface area contributed by atoms with E-state index < -0.39 is 0 Å². The number of carbonyl (C=O) groups is 1. The average Bonchev–Trinajstić information content (AvgIpc) is 2.37. The molecule has 0 heterocycles. The number of carbonyl (C=O) groups excluding carboxylic acids is 1. The molecule has 5 heteroatoms. The van der Waals surface area contributed by atoms with E-state index in [0.29, 0.717) is 17.1 Å². The van der Waals surface area contributed by atoms with Gasteiger partial charge in [-0.2, -0.15) is 0 Å². The summed E-state index contributed by atoms with van der Waals surface area (Å²) in [4.78, 5) is 19.6. The molecule has 0 aliphatic heterocycles. The van der Waals surface area contributed by atoms with E-state index >= 15 is 0 Å². The highest BCUT2D eigenvalue weighted by atomic mass is 16.5. The van der Waals surface area contributed by atoms with E-state index in [-0.39, 0.29) is 5.91 Å². The average molecular weight is 263 g/mol. The third-order valence-electron chi connectivity index (χ3n) is 2.93. The molecule has 0 fully saturated rings. The van der Waals surface area contributed by atoms with E-state index in [1.807, 2.05) is 44.1 Å². The minimum Gasteiger partial charge on any atom is -0.494 e. The number of para-hydroxylation sites is 1. The summed E-state index contributed by atoms with van der Waals surface area (Å²) >= 11 is 0. The summed E-state index contributed by atoms with van der Waals surface area (Å²) < 4.78 is 5.32. The molecule has 0 radical (unpaired) electrons. The maximum absolute atomic E-state index is 11.6. The summed E-state index contributed by atoms with van der Waals surface area (Å²) in [6, 6.07) is 5.54. The minimum atomic E-state index is -0.0662. The normalized spacial score (nSPS) is 11.2. The van der Waals surface area contributed by atoms with E-state index in [1.54, 1.807) is 19.1 Å². The lowest BCUT2D eigenvalue weighted by Crippen LogP contribution is -2.24. The highest BCUT2D eigenvalue weighted by molar-refractivity contribution is 5.97. The van der Waals surface area contributed by atoms with Crippen molar-refractivity contribution in [3.63, 3.8) is 0 Å². The molecule has 0 aliphatic rings. The Morgan fingerprint density at radius 2 is 1.84 bits per heavy atom. The lowest BCUT2D eigenvalue weighted by molar-refractivity contribution is -0.116. The van der Waals surface area contributed by atoms with Crippen LogP contribution in [0.2, 0.25) is 0 Å². The molecule has 19 heavy (non-hydrogen) atoms. The molecule has 0 aromatic heterocycles. The Morgan fingerprint density at radius 3 is 2.32 bits per heavy atom. The van der Waals surface area contributed by atoms with E-state index in [0.717, 1.165) is 5.84 Å². The molecule has 1 aromatic carbocycles. The van der Waals surface area contributed by atoms with Crippen molar-refractivity contribution in [2.45, 2.75) is 13.8 Å². The Labute approximate surface area is 114 Å². The fraction of sp³-hybridized carbons (Fsp3) is 0.429. The third kappa shape index (κ3) is 3.47. The molecule has 0 N–H and O–H groups in total. The molecule has 0 bridgehead atoms. The van der Waals surface area contributed by atoms with Crippen LogP contribution in [0.25, 0.3) is 0 Å². The van der Waals surface area contributed by atoms with E-state index in [9.17, 15) is 4.79 Å².